The molecule has 0 aromatic heterocycles. The standard InChI is InChI=1S/C19H28N2O2/c20-14-19(13-17(19)7-4-5-8-17)16(22)21-12-15-6-11-18(23-15)9-2-1-3-10-18/h15H,1-13H2,(H,21,22). The summed E-state index contributed by atoms with van der Waals surface area (Å²) in [5.41, 5.74) is -0.621. The molecule has 3 saturated carbocycles. The molecule has 1 N–H and O–H groups in total. The van der Waals surface area contributed by atoms with Gasteiger partial charge in [-0.3, -0.25) is 4.79 Å². The summed E-state index contributed by atoms with van der Waals surface area (Å²) in [5, 5.41) is 12.7. The fourth-order valence-corrected chi connectivity index (χ4v) is 5.61. The lowest BCUT2D eigenvalue weighted by Gasteiger charge is -2.33. The van der Waals surface area contributed by atoms with Crippen molar-refractivity contribution in [2.45, 2.75) is 88.8 Å². The van der Waals surface area contributed by atoms with Crippen LogP contribution < -0.4 is 5.32 Å². The lowest BCUT2D eigenvalue weighted by molar-refractivity contribution is -0.127. The predicted molar refractivity (Wildman–Crippen MR) is 86.5 cm³/mol. The summed E-state index contributed by atoms with van der Waals surface area (Å²) < 4.78 is 6.33. The smallest absolute Gasteiger partial charge is 0.241 e. The van der Waals surface area contributed by atoms with E-state index >= 15 is 0 Å². The normalized spacial score (nSPS) is 36.9. The second-order valence-corrected chi connectivity index (χ2v) is 8.41. The van der Waals surface area contributed by atoms with Gasteiger partial charge in [-0.05, 0) is 44.9 Å². The first-order chi connectivity index (χ1) is 11.1. The molecule has 23 heavy (non-hydrogen) atoms. The fraction of sp³-hybridized carbons (Fsp3) is 0.895. The number of carbonyl (C=O) groups is 1. The number of nitrogens with zero attached hydrogens (tertiary/aromatic N) is 1. The van der Waals surface area contributed by atoms with Gasteiger partial charge in [0.15, 0.2) is 0 Å². The van der Waals surface area contributed by atoms with Gasteiger partial charge in [-0.15, -0.1) is 0 Å². The van der Waals surface area contributed by atoms with Crippen LogP contribution in [0.2, 0.25) is 0 Å². The van der Waals surface area contributed by atoms with Crippen LogP contribution >= 0.6 is 0 Å². The monoisotopic (exact) mass is 316 g/mol. The molecule has 126 valence electrons. The number of carbonyl (C=O) groups excluding carboxylic acids is 1. The van der Waals surface area contributed by atoms with Gasteiger partial charge in [-0.1, -0.05) is 32.1 Å². The van der Waals surface area contributed by atoms with Crippen LogP contribution in [0.15, 0.2) is 0 Å². The van der Waals surface area contributed by atoms with E-state index in [0.717, 1.165) is 32.1 Å². The molecule has 4 fully saturated rings. The Labute approximate surface area is 139 Å². The van der Waals surface area contributed by atoms with Crippen molar-refractivity contribution in [3.63, 3.8) is 0 Å². The maximum absolute atomic E-state index is 12.7. The van der Waals surface area contributed by atoms with E-state index in [0.29, 0.717) is 6.54 Å². The molecule has 2 atom stereocenters. The molecule has 4 aliphatic rings. The van der Waals surface area contributed by atoms with Crippen molar-refractivity contribution in [1.29, 1.82) is 5.26 Å². The van der Waals surface area contributed by atoms with Gasteiger partial charge in [-0.25, -0.2) is 0 Å². The lowest BCUT2D eigenvalue weighted by atomic mass is 9.83. The van der Waals surface area contributed by atoms with Crippen LogP contribution in [0.3, 0.4) is 0 Å². The highest BCUT2D eigenvalue weighted by Gasteiger charge is 2.72. The van der Waals surface area contributed by atoms with Crippen LogP contribution in [0.25, 0.3) is 0 Å². The summed E-state index contributed by atoms with van der Waals surface area (Å²) >= 11 is 0. The Morgan fingerprint density at radius 1 is 1.09 bits per heavy atom. The Hall–Kier alpha value is -1.08. The summed E-state index contributed by atoms with van der Waals surface area (Å²) in [6.45, 7) is 0.583. The fourth-order valence-electron chi connectivity index (χ4n) is 5.61. The van der Waals surface area contributed by atoms with Gasteiger partial charge in [0.25, 0.3) is 0 Å². The highest BCUT2D eigenvalue weighted by atomic mass is 16.5. The molecule has 1 saturated heterocycles. The van der Waals surface area contributed by atoms with Gasteiger partial charge >= 0.3 is 0 Å². The zero-order chi connectivity index (χ0) is 16.0. The minimum absolute atomic E-state index is 0.00690. The topological polar surface area (TPSA) is 62.1 Å². The SMILES string of the molecule is N#CC1(C(=O)NCC2CCC3(CCCCC3)O2)CC12CCCC2. The van der Waals surface area contributed by atoms with Gasteiger partial charge in [-0.2, -0.15) is 5.26 Å². The maximum Gasteiger partial charge on any atom is 0.241 e. The summed E-state index contributed by atoms with van der Waals surface area (Å²) in [4.78, 5) is 12.7. The molecular weight excluding hydrogens is 288 g/mol. The molecule has 4 rings (SSSR count). The second kappa shape index (κ2) is 5.48. The first-order valence-electron chi connectivity index (χ1n) is 9.51. The van der Waals surface area contributed by atoms with E-state index in [1.165, 1.54) is 44.9 Å². The number of rotatable bonds is 3. The summed E-state index contributed by atoms with van der Waals surface area (Å²) in [7, 11) is 0. The highest BCUT2D eigenvalue weighted by molar-refractivity contribution is 5.90. The van der Waals surface area contributed by atoms with E-state index < -0.39 is 5.41 Å². The van der Waals surface area contributed by atoms with E-state index in [2.05, 4.69) is 11.4 Å². The average Bonchev–Trinajstić information content (AvgIpc) is 2.86. The van der Waals surface area contributed by atoms with Gasteiger partial charge in [0.1, 0.15) is 5.41 Å². The number of nitrogens with one attached hydrogen (secondary N) is 1. The van der Waals surface area contributed by atoms with E-state index in [-0.39, 0.29) is 23.0 Å². The van der Waals surface area contributed by atoms with Gasteiger partial charge in [0.2, 0.25) is 5.91 Å². The van der Waals surface area contributed by atoms with Crippen molar-refractivity contribution in [3.8, 4) is 6.07 Å². The molecule has 2 spiro atoms. The van der Waals surface area contributed by atoms with Crippen LogP contribution in [0, 0.1) is 22.2 Å². The number of amides is 1. The third kappa shape index (κ3) is 2.39. The van der Waals surface area contributed by atoms with E-state index in [9.17, 15) is 10.1 Å². The Morgan fingerprint density at radius 2 is 1.78 bits per heavy atom. The molecule has 3 aliphatic carbocycles. The molecule has 0 bridgehead atoms. The van der Waals surface area contributed by atoms with Crippen molar-refractivity contribution >= 4 is 5.91 Å². The van der Waals surface area contributed by atoms with Crippen molar-refractivity contribution < 1.29 is 9.53 Å². The van der Waals surface area contributed by atoms with E-state index in [4.69, 9.17) is 4.74 Å². The van der Waals surface area contributed by atoms with Crippen molar-refractivity contribution in [2.24, 2.45) is 10.8 Å². The molecule has 1 heterocycles. The van der Waals surface area contributed by atoms with Crippen LogP contribution in [-0.4, -0.2) is 24.2 Å². The highest BCUT2D eigenvalue weighted by Crippen LogP contribution is 2.71. The molecule has 0 radical (unpaired) electrons. The minimum atomic E-state index is -0.732. The summed E-state index contributed by atoms with van der Waals surface area (Å²) in [6, 6.07) is 2.36. The molecular formula is C19H28N2O2. The number of hydrogen-bond acceptors (Lipinski definition) is 3. The Kier molecular flexibility index (Phi) is 3.68. The van der Waals surface area contributed by atoms with Crippen LogP contribution in [0.1, 0.15) is 77.0 Å². The summed E-state index contributed by atoms with van der Waals surface area (Å²) in [5.74, 6) is -0.0323. The van der Waals surface area contributed by atoms with Crippen LogP contribution in [0.4, 0.5) is 0 Å². The quantitative estimate of drug-likeness (QED) is 0.867. The third-order valence-electron chi connectivity index (χ3n) is 7.12. The number of hydrogen-bond donors (Lipinski definition) is 1. The molecule has 2 unspecified atom stereocenters. The minimum Gasteiger partial charge on any atom is -0.370 e. The van der Waals surface area contributed by atoms with E-state index in [1.54, 1.807) is 0 Å². The zero-order valence-corrected chi connectivity index (χ0v) is 14.0. The number of ether oxygens (including phenoxy) is 1. The van der Waals surface area contributed by atoms with E-state index in [1.807, 2.05) is 0 Å². The first kappa shape index (κ1) is 15.4. The van der Waals surface area contributed by atoms with Gasteiger partial charge in [0, 0.05) is 12.0 Å². The Bertz CT molecular complexity index is 526. The largest absolute Gasteiger partial charge is 0.370 e. The Balaban J connectivity index is 1.32. The number of nitriles is 1. The van der Waals surface area contributed by atoms with Gasteiger partial charge in [0.05, 0.1) is 17.8 Å². The van der Waals surface area contributed by atoms with Crippen molar-refractivity contribution in [1.82, 2.24) is 5.32 Å². The first-order valence-corrected chi connectivity index (χ1v) is 9.51. The van der Waals surface area contributed by atoms with Crippen molar-refractivity contribution in [3.05, 3.63) is 0 Å². The van der Waals surface area contributed by atoms with Crippen LogP contribution in [0.5, 0.6) is 0 Å². The zero-order valence-electron chi connectivity index (χ0n) is 14.0. The van der Waals surface area contributed by atoms with Crippen molar-refractivity contribution in [2.75, 3.05) is 6.54 Å². The van der Waals surface area contributed by atoms with Crippen LogP contribution in [-0.2, 0) is 9.53 Å². The maximum atomic E-state index is 12.7. The second-order valence-electron chi connectivity index (χ2n) is 8.41. The molecule has 1 amide bonds. The third-order valence-corrected chi connectivity index (χ3v) is 7.12. The molecule has 0 aromatic rings. The summed E-state index contributed by atoms with van der Waals surface area (Å²) in [6.07, 6.45) is 13.8. The van der Waals surface area contributed by atoms with Gasteiger partial charge < -0.3 is 10.1 Å². The molecule has 4 nitrogen and oxygen atoms in total. The lowest BCUT2D eigenvalue weighted by Crippen LogP contribution is -2.40. The molecule has 4 heteroatoms. The molecule has 1 aliphatic heterocycles. The Morgan fingerprint density at radius 3 is 2.48 bits per heavy atom. The average molecular weight is 316 g/mol. The predicted octanol–water partition coefficient (Wildman–Crippen LogP) is 3.46. The molecule has 0 aromatic carbocycles.